The molecule has 0 radical (unpaired) electrons. The maximum absolute atomic E-state index is 11.5. The Balaban J connectivity index is 2.68. The molecule has 12 heavy (non-hydrogen) atoms. The van der Waals surface area contributed by atoms with Gasteiger partial charge in [0.25, 0.3) is 0 Å². The highest BCUT2D eigenvalue weighted by molar-refractivity contribution is 5.77. The second-order valence-electron chi connectivity index (χ2n) is 3.29. The van der Waals surface area contributed by atoms with Crippen molar-refractivity contribution >= 4 is 5.91 Å². The van der Waals surface area contributed by atoms with Gasteiger partial charge in [-0.2, -0.15) is 0 Å². The van der Waals surface area contributed by atoms with Crippen LogP contribution in [0.25, 0.3) is 0 Å². The minimum absolute atomic E-state index is 0.245. The van der Waals surface area contributed by atoms with Crippen LogP contribution in [0.15, 0.2) is 12.8 Å². The van der Waals surface area contributed by atoms with E-state index in [1.807, 2.05) is 4.90 Å². The molecule has 1 unspecified atom stereocenters. The van der Waals surface area contributed by atoms with E-state index in [2.05, 4.69) is 13.5 Å². The first-order valence-corrected chi connectivity index (χ1v) is 4.73. The SMILES string of the molecule is C=CN1C(=O)CCCCC1CC. The maximum atomic E-state index is 11.5. The van der Waals surface area contributed by atoms with Gasteiger partial charge in [-0.15, -0.1) is 0 Å². The van der Waals surface area contributed by atoms with Gasteiger partial charge in [-0.05, 0) is 25.5 Å². The van der Waals surface area contributed by atoms with Crippen molar-refractivity contribution in [3.8, 4) is 0 Å². The molecule has 2 heteroatoms. The Morgan fingerprint density at radius 1 is 1.67 bits per heavy atom. The maximum Gasteiger partial charge on any atom is 0.226 e. The van der Waals surface area contributed by atoms with E-state index in [9.17, 15) is 4.79 Å². The van der Waals surface area contributed by atoms with E-state index >= 15 is 0 Å². The molecule has 0 aliphatic carbocycles. The number of amides is 1. The van der Waals surface area contributed by atoms with Crippen LogP contribution < -0.4 is 0 Å². The summed E-state index contributed by atoms with van der Waals surface area (Å²) in [4.78, 5) is 13.3. The predicted octanol–water partition coefficient (Wildman–Crippen LogP) is 2.31. The smallest absolute Gasteiger partial charge is 0.226 e. The molecule has 0 saturated carbocycles. The summed E-state index contributed by atoms with van der Waals surface area (Å²) in [6.07, 6.45) is 6.77. The molecular formula is C10H17NO. The Kier molecular flexibility index (Phi) is 3.32. The minimum atomic E-state index is 0.245. The van der Waals surface area contributed by atoms with Gasteiger partial charge in [0.05, 0.1) is 0 Å². The average molecular weight is 167 g/mol. The summed E-state index contributed by atoms with van der Waals surface area (Å²) in [7, 11) is 0. The van der Waals surface area contributed by atoms with E-state index in [4.69, 9.17) is 0 Å². The molecule has 1 amide bonds. The van der Waals surface area contributed by atoms with E-state index in [1.54, 1.807) is 6.20 Å². The molecule has 0 spiro atoms. The zero-order valence-corrected chi connectivity index (χ0v) is 7.75. The fourth-order valence-corrected chi connectivity index (χ4v) is 1.78. The molecule has 0 aromatic carbocycles. The zero-order chi connectivity index (χ0) is 8.97. The molecule has 1 atom stereocenters. The average Bonchev–Trinajstić information content (AvgIpc) is 2.26. The molecule has 0 bridgehead atoms. The van der Waals surface area contributed by atoms with Crippen molar-refractivity contribution in [3.63, 3.8) is 0 Å². The van der Waals surface area contributed by atoms with Crippen molar-refractivity contribution in [3.05, 3.63) is 12.8 Å². The summed E-state index contributed by atoms with van der Waals surface area (Å²) in [6.45, 7) is 5.80. The van der Waals surface area contributed by atoms with Gasteiger partial charge in [0.1, 0.15) is 0 Å². The third kappa shape index (κ3) is 1.87. The Morgan fingerprint density at radius 3 is 3.00 bits per heavy atom. The lowest BCUT2D eigenvalue weighted by molar-refractivity contribution is -0.129. The summed E-state index contributed by atoms with van der Waals surface area (Å²) in [5, 5.41) is 0. The Bertz CT molecular complexity index is 177. The number of carbonyl (C=O) groups is 1. The fourth-order valence-electron chi connectivity index (χ4n) is 1.78. The van der Waals surface area contributed by atoms with Gasteiger partial charge in [-0.3, -0.25) is 4.79 Å². The van der Waals surface area contributed by atoms with Crippen LogP contribution >= 0.6 is 0 Å². The fraction of sp³-hybridized carbons (Fsp3) is 0.700. The first-order chi connectivity index (χ1) is 5.79. The van der Waals surface area contributed by atoms with Crippen molar-refractivity contribution < 1.29 is 4.79 Å². The van der Waals surface area contributed by atoms with Gasteiger partial charge in [0.2, 0.25) is 5.91 Å². The van der Waals surface area contributed by atoms with Crippen molar-refractivity contribution in [2.24, 2.45) is 0 Å². The quantitative estimate of drug-likeness (QED) is 0.618. The van der Waals surface area contributed by atoms with Crippen LogP contribution in [0.3, 0.4) is 0 Å². The second-order valence-corrected chi connectivity index (χ2v) is 3.29. The number of nitrogens with zero attached hydrogens (tertiary/aromatic N) is 1. The van der Waals surface area contributed by atoms with Crippen LogP contribution in [0, 0.1) is 0 Å². The van der Waals surface area contributed by atoms with Crippen LogP contribution in [-0.4, -0.2) is 16.8 Å². The lowest BCUT2D eigenvalue weighted by Gasteiger charge is -2.25. The largest absolute Gasteiger partial charge is 0.317 e. The summed E-state index contributed by atoms with van der Waals surface area (Å²) in [5.74, 6) is 0.245. The molecule has 1 aliphatic rings. The van der Waals surface area contributed by atoms with Crippen molar-refractivity contribution in [2.45, 2.75) is 45.1 Å². The topological polar surface area (TPSA) is 20.3 Å². The zero-order valence-electron chi connectivity index (χ0n) is 7.75. The van der Waals surface area contributed by atoms with Crippen LogP contribution in [0.4, 0.5) is 0 Å². The highest BCUT2D eigenvalue weighted by atomic mass is 16.2. The highest BCUT2D eigenvalue weighted by Gasteiger charge is 2.22. The van der Waals surface area contributed by atoms with Crippen molar-refractivity contribution in [1.29, 1.82) is 0 Å². The van der Waals surface area contributed by atoms with Crippen LogP contribution in [0.1, 0.15) is 39.0 Å². The highest BCUT2D eigenvalue weighted by Crippen LogP contribution is 2.19. The van der Waals surface area contributed by atoms with E-state index in [0.29, 0.717) is 12.5 Å². The van der Waals surface area contributed by atoms with Gasteiger partial charge < -0.3 is 4.90 Å². The van der Waals surface area contributed by atoms with E-state index in [0.717, 1.165) is 19.3 Å². The molecule has 68 valence electrons. The standard InChI is InChI=1S/C10H17NO/c1-3-9-7-5-6-8-10(12)11(9)4-2/h4,9H,2-3,5-8H2,1H3. The van der Waals surface area contributed by atoms with E-state index in [1.165, 1.54) is 6.42 Å². The molecule has 1 saturated heterocycles. The Morgan fingerprint density at radius 2 is 2.42 bits per heavy atom. The van der Waals surface area contributed by atoms with Crippen LogP contribution in [0.2, 0.25) is 0 Å². The molecular weight excluding hydrogens is 150 g/mol. The third-order valence-corrected chi connectivity index (χ3v) is 2.53. The number of hydrogen-bond donors (Lipinski definition) is 0. The van der Waals surface area contributed by atoms with Gasteiger partial charge in [0.15, 0.2) is 0 Å². The third-order valence-electron chi connectivity index (χ3n) is 2.53. The molecule has 1 aliphatic heterocycles. The normalized spacial score (nSPS) is 25.2. The summed E-state index contributed by atoms with van der Waals surface area (Å²) < 4.78 is 0. The molecule has 1 rings (SSSR count). The van der Waals surface area contributed by atoms with E-state index in [-0.39, 0.29) is 5.91 Å². The summed E-state index contributed by atoms with van der Waals surface area (Å²) >= 11 is 0. The van der Waals surface area contributed by atoms with E-state index < -0.39 is 0 Å². The van der Waals surface area contributed by atoms with Crippen molar-refractivity contribution in [1.82, 2.24) is 4.90 Å². The van der Waals surface area contributed by atoms with Gasteiger partial charge in [-0.25, -0.2) is 0 Å². The summed E-state index contributed by atoms with van der Waals surface area (Å²) in [6, 6.07) is 0.400. The van der Waals surface area contributed by atoms with Gasteiger partial charge in [-0.1, -0.05) is 19.9 Å². The first kappa shape index (κ1) is 9.30. The lowest BCUT2D eigenvalue weighted by Crippen LogP contribution is -2.33. The van der Waals surface area contributed by atoms with Crippen molar-refractivity contribution in [2.75, 3.05) is 0 Å². The Hall–Kier alpha value is -0.790. The minimum Gasteiger partial charge on any atom is -0.317 e. The number of likely N-dealkylation sites (tertiary alicyclic amines) is 1. The molecule has 0 N–H and O–H groups in total. The number of carbonyl (C=O) groups excluding carboxylic acids is 1. The lowest BCUT2D eigenvalue weighted by atomic mass is 10.1. The molecule has 0 aromatic rings. The predicted molar refractivity (Wildman–Crippen MR) is 49.6 cm³/mol. The molecule has 1 fully saturated rings. The summed E-state index contributed by atoms with van der Waals surface area (Å²) in [5.41, 5.74) is 0. The molecule has 1 heterocycles. The Labute approximate surface area is 74.2 Å². The first-order valence-electron chi connectivity index (χ1n) is 4.73. The second kappa shape index (κ2) is 4.29. The van der Waals surface area contributed by atoms with Gasteiger partial charge >= 0.3 is 0 Å². The molecule has 2 nitrogen and oxygen atoms in total. The van der Waals surface area contributed by atoms with Crippen LogP contribution in [0.5, 0.6) is 0 Å². The van der Waals surface area contributed by atoms with Crippen LogP contribution in [-0.2, 0) is 4.79 Å². The number of hydrogen-bond acceptors (Lipinski definition) is 1. The van der Waals surface area contributed by atoms with Gasteiger partial charge in [0, 0.05) is 12.5 Å². The monoisotopic (exact) mass is 167 g/mol. The number of rotatable bonds is 2. The molecule has 0 aromatic heterocycles.